The summed E-state index contributed by atoms with van der Waals surface area (Å²) in [7, 11) is -1.08. The average Bonchev–Trinajstić information content (AvgIpc) is 1.67. The Kier molecular flexibility index (Phi) is 2.48. The van der Waals surface area contributed by atoms with E-state index in [0.717, 1.165) is 0 Å². The normalized spacial score (nSPS) is 13.1. The van der Waals surface area contributed by atoms with Gasteiger partial charge in [0.25, 0.3) is 0 Å². The summed E-state index contributed by atoms with van der Waals surface area (Å²) in [4.78, 5) is 0. The Balaban J connectivity index is 3.90. The van der Waals surface area contributed by atoms with Crippen LogP contribution >= 0.6 is 8.46 Å². The van der Waals surface area contributed by atoms with E-state index in [-0.39, 0.29) is 0 Å². The van der Waals surface area contributed by atoms with Crippen LogP contribution in [0.5, 0.6) is 0 Å². The SMILES string of the molecule is CC(C)C(F)(F)P=O. The molecule has 0 atom stereocenters. The molecule has 0 aliphatic rings. The third kappa shape index (κ3) is 1.83. The van der Waals surface area contributed by atoms with Crippen molar-refractivity contribution in [1.82, 2.24) is 0 Å². The van der Waals surface area contributed by atoms with Gasteiger partial charge in [-0.25, -0.2) is 0 Å². The second-order valence-corrected chi connectivity index (χ2v) is 2.61. The fourth-order valence-corrected chi connectivity index (χ4v) is 0.316. The van der Waals surface area contributed by atoms with Crippen molar-refractivity contribution in [2.45, 2.75) is 19.5 Å². The van der Waals surface area contributed by atoms with E-state index >= 15 is 0 Å². The van der Waals surface area contributed by atoms with E-state index in [1.165, 1.54) is 13.8 Å². The number of alkyl halides is 2. The lowest BCUT2D eigenvalue weighted by atomic mass is 10.2. The van der Waals surface area contributed by atoms with E-state index in [0.29, 0.717) is 0 Å². The molecule has 48 valence electrons. The van der Waals surface area contributed by atoms with Crippen LogP contribution in [-0.4, -0.2) is 5.66 Å². The first kappa shape index (κ1) is 7.96. The molecule has 0 amide bonds. The Morgan fingerprint density at radius 2 is 1.88 bits per heavy atom. The standard InChI is InChI=1S/C4H7F2OP/c1-3(2)4(5,6)8-7/h3H,1-2H3. The number of halogens is 2. The van der Waals surface area contributed by atoms with Crippen LogP contribution in [0.25, 0.3) is 0 Å². The van der Waals surface area contributed by atoms with Gasteiger partial charge >= 0.3 is 5.66 Å². The Hall–Kier alpha value is -0.0400. The van der Waals surface area contributed by atoms with E-state index in [1.807, 2.05) is 0 Å². The van der Waals surface area contributed by atoms with Gasteiger partial charge < -0.3 is 0 Å². The van der Waals surface area contributed by atoms with Crippen molar-refractivity contribution in [1.29, 1.82) is 0 Å². The fraction of sp³-hybridized carbons (Fsp3) is 1.00. The average molecular weight is 140 g/mol. The van der Waals surface area contributed by atoms with Crippen LogP contribution in [0, 0.1) is 5.92 Å². The summed E-state index contributed by atoms with van der Waals surface area (Å²) in [6.45, 7) is 2.65. The van der Waals surface area contributed by atoms with Gasteiger partial charge in [-0.15, -0.1) is 0 Å². The van der Waals surface area contributed by atoms with Gasteiger partial charge in [-0.2, -0.15) is 8.78 Å². The van der Waals surface area contributed by atoms with Gasteiger partial charge in [0, 0.05) is 5.92 Å². The minimum atomic E-state index is -3.04. The van der Waals surface area contributed by atoms with Gasteiger partial charge in [-0.3, -0.25) is 4.57 Å². The maximum atomic E-state index is 12.0. The predicted molar refractivity (Wildman–Crippen MR) is 27.4 cm³/mol. The predicted octanol–water partition coefficient (Wildman–Crippen LogP) is 2.53. The molecule has 0 radical (unpaired) electrons. The van der Waals surface area contributed by atoms with Crippen LogP contribution in [0.2, 0.25) is 0 Å². The summed E-state index contributed by atoms with van der Waals surface area (Å²) in [5.41, 5.74) is -3.04. The van der Waals surface area contributed by atoms with Gasteiger partial charge in [0.2, 0.25) is 8.46 Å². The van der Waals surface area contributed by atoms with E-state index in [9.17, 15) is 13.3 Å². The van der Waals surface area contributed by atoms with Crippen LogP contribution < -0.4 is 0 Å². The summed E-state index contributed by atoms with van der Waals surface area (Å²) in [5, 5.41) is 0. The number of hydrogen-bond donors (Lipinski definition) is 0. The second kappa shape index (κ2) is 2.49. The number of rotatable bonds is 2. The summed E-state index contributed by atoms with van der Waals surface area (Å²) in [5.74, 6) is -0.846. The Labute approximate surface area is 48.3 Å². The molecule has 0 unspecified atom stereocenters. The minimum absolute atomic E-state index is 0.846. The Morgan fingerprint density at radius 1 is 1.50 bits per heavy atom. The molecule has 0 aliphatic heterocycles. The van der Waals surface area contributed by atoms with Crippen LogP contribution in [0.1, 0.15) is 13.8 Å². The van der Waals surface area contributed by atoms with Gasteiger partial charge in [-0.1, -0.05) is 13.8 Å². The largest absolute Gasteiger partial charge is 0.327 e. The lowest BCUT2D eigenvalue weighted by Crippen LogP contribution is -2.14. The molecule has 0 N–H and O–H groups in total. The molecule has 0 heterocycles. The molecule has 0 saturated heterocycles. The minimum Gasteiger partial charge on any atom is -0.268 e. The van der Waals surface area contributed by atoms with E-state index < -0.39 is 20.0 Å². The van der Waals surface area contributed by atoms with Crippen molar-refractivity contribution < 1.29 is 13.3 Å². The molecule has 1 nitrogen and oxygen atoms in total. The zero-order chi connectivity index (χ0) is 6.78. The summed E-state index contributed by atoms with van der Waals surface area (Å²) >= 11 is 0. The smallest absolute Gasteiger partial charge is 0.268 e. The summed E-state index contributed by atoms with van der Waals surface area (Å²) in [6.07, 6.45) is 0. The van der Waals surface area contributed by atoms with Crippen LogP contribution in [0.4, 0.5) is 8.78 Å². The quantitative estimate of drug-likeness (QED) is 0.538. The molecular formula is C4H7F2OP. The van der Waals surface area contributed by atoms with Crippen LogP contribution in [-0.2, 0) is 4.57 Å². The Morgan fingerprint density at radius 3 is 1.88 bits per heavy atom. The monoisotopic (exact) mass is 140 g/mol. The Bertz CT molecular complexity index is 92.0. The zero-order valence-corrected chi connectivity index (χ0v) is 5.58. The highest BCUT2D eigenvalue weighted by molar-refractivity contribution is 7.25. The molecule has 0 fully saturated rings. The summed E-state index contributed by atoms with van der Waals surface area (Å²) < 4.78 is 33.5. The molecule has 0 saturated carbocycles. The zero-order valence-electron chi connectivity index (χ0n) is 4.69. The molecule has 0 aromatic rings. The maximum Gasteiger partial charge on any atom is 0.327 e. The molecular weight excluding hydrogens is 133 g/mol. The maximum absolute atomic E-state index is 12.0. The van der Waals surface area contributed by atoms with Gasteiger partial charge in [-0.05, 0) is 0 Å². The van der Waals surface area contributed by atoms with Crippen molar-refractivity contribution in [3.63, 3.8) is 0 Å². The lowest BCUT2D eigenvalue weighted by Gasteiger charge is -2.09. The molecule has 0 rings (SSSR count). The third-order valence-corrected chi connectivity index (χ3v) is 1.58. The summed E-state index contributed by atoms with van der Waals surface area (Å²) in [6, 6.07) is 0. The first-order chi connectivity index (χ1) is 3.50. The molecule has 0 aliphatic carbocycles. The van der Waals surface area contributed by atoms with Crippen molar-refractivity contribution in [3.8, 4) is 0 Å². The third-order valence-electron chi connectivity index (χ3n) is 0.816. The number of hydrogen-bond acceptors (Lipinski definition) is 1. The molecule has 0 aromatic carbocycles. The second-order valence-electron chi connectivity index (χ2n) is 1.83. The van der Waals surface area contributed by atoms with Gasteiger partial charge in [0.15, 0.2) is 0 Å². The fourth-order valence-electron chi connectivity index (χ4n) is 0.105. The van der Waals surface area contributed by atoms with Crippen LogP contribution in [0.15, 0.2) is 0 Å². The van der Waals surface area contributed by atoms with Crippen molar-refractivity contribution in [2.75, 3.05) is 0 Å². The molecule has 0 aromatic heterocycles. The molecule has 4 heteroatoms. The van der Waals surface area contributed by atoms with Crippen molar-refractivity contribution in [2.24, 2.45) is 5.92 Å². The van der Waals surface area contributed by atoms with Crippen LogP contribution in [0.3, 0.4) is 0 Å². The van der Waals surface area contributed by atoms with Crippen molar-refractivity contribution >= 4 is 8.46 Å². The lowest BCUT2D eigenvalue weighted by molar-refractivity contribution is 0.0477. The van der Waals surface area contributed by atoms with E-state index in [1.54, 1.807) is 0 Å². The highest BCUT2D eigenvalue weighted by Crippen LogP contribution is 2.34. The highest BCUT2D eigenvalue weighted by Gasteiger charge is 2.33. The van der Waals surface area contributed by atoms with E-state index in [4.69, 9.17) is 0 Å². The van der Waals surface area contributed by atoms with Crippen molar-refractivity contribution in [3.05, 3.63) is 0 Å². The molecule has 0 bridgehead atoms. The highest BCUT2D eigenvalue weighted by atomic mass is 31.1. The van der Waals surface area contributed by atoms with Gasteiger partial charge in [0.1, 0.15) is 0 Å². The first-order valence-electron chi connectivity index (χ1n) is 2.23. The first-order valence-corrected chi connectivity index (χ1v) is 3.04. The van der Waals surface area contributed by atoms with E-state index in [2.05, 4.69) is 0 Å². The van der Waals surface area contributed by atoms with Gasteiger partial charge in [0.05, 0.1) is 0 Å². The topological polar surface area (TPSA) is 17.1 Å². The molecule has 0 spiro atoms. The molecule has 8 heavy (non-hydrogen) atoms.